The largest absolute Gasteiger partial charge is 0.370 e. The van der Waals surface area contributed by atoms with Crippen molar-refractivity contribution in [1.29, 1.82) is 0 Å². The third kappa shape index (κ3) is 2.77. The number of hydrogen-bond acceptors (Lipinski definition) is 2. The van der Waals surface area contributed by atoms with Gasteiger partial charge in [0.25, 0.3) is 0 Å². The first-order chi connectivity index (χ1) is 7.72. The van der Waals surface area contributed by atoms with Crippen LogP contribution in [-0.4, -0.2) is 24.6 Å². The number of hydrogen-bond donors (Lipinski definition) is 0. The Hall–Kier alpha value is 0.330. The fourth-order valence-corrected chi connectivity index (χ4v) is 4.09. The minimum Gasteiger partial charge on any atom is -0.370 e. The summed E-state index contributed by atoms with van der Waals surface area (Å²) in [4.78, 5) is 2.43. The minimum atomic E-state index is 0.692. The lowest BCUT2D eigenvalue weighted by Gasteiger charge is -2.28. The topological polar surface area (TPSA) is 3.24 Å². The number of rotatable bonds is 3. The summed E-state index contributed by atoms with van der Waals surface area (Å²) in [6.07, 6.45) is 1.30. The van der Waals surface area contributed by atoms with Crippen molar-refractivity contribution in [2.45, 2.75) is 17.8 Å². The molecular weight excluding hydrogens is 350 g/mol. The molecule has 1 aromatic rings. The van der Waals surface area contributed by atoms with Crippen molar-refractivity contribution >= 4 is 49.3 Å². The number of anilines is 1. The van der Waals surface area contributed by atoms with Crippen molar-refractivity contribution in [3.63, 3.8) is 0 Å². The molecule has 0 amide bonds. The summed E-state index contributed by atoms with van der Waals surface area (Å²) in [5, 5.41) is 0.916. The van der Waals surface area contributed by atoms with Crippen LogP contribution in [0.4, 0.5) is 5.69 Å². The molecule has 0 saturated carbocycles. The molecule has 1 aliphatic heterocycles. The predicted octanol–water partition coefficient (Wildman–Crippen LogP) is 4.29. The lowest BCUT2D eigenvalue weighted by Crippen LogP contribution is -2.31. The summed E-state index contributed by atoms with van der Waals surface area (Å²) in [5.41, 5.74) is 2.71. The van der Waals surface area contributed by atoms with Crippen molar-refractivity contribution in [3.8, 4) is 0 Å². The van der Waals surface area contributed by atoms with Crippen LogP contribution in [0.2, 0.25) is 0 Å². The number of halogens is 2. The molecule has 1 aliphatic rings. The molecule has 1 heterocycles. The van der Waals surface area contributed by atoms with Crippen LogP contribution in [0.5, 0.6) is 0 Å². The second-order valence-corrected chi connectivity index (χ2v) is 6.66. The fourth-order valence-electron chi connectivity index (χ4n) is 2.00. The molecule has 0 radical (unpaired) electrons. The maximum atomic E-state index is 3.56. The number of alkyl halides is 1. The maximum absolute atomic E-state index is 3.56. The normalized spacial score (nSPS) is 20.1. The Labute approximate surface area is 118 Å². The number of thioether (sulfide) groups is 1. The summed E-state index contributed by atoms with van der Waals surface area (Å²) < 4.78 is 1.16. The van der Waals surface area contributed by atoms with Gasteiger partial charge in [-0.05, 0) is 29.9 Å². The Morgan fingerprint density at radius 3 is 2.94 bits per heavy atom. The van der Waals surface area contributed by atoms with Crippen LogP contribution in [0, 0.1) is 0 Å². The smallest absolute Gasteiger partial charge is 0.0418 e. The van der Waals surface area contributed by atoms with E-state index in [-0.39, 0.29) is 0 Å². The average Bonchev–Trinajstić information content (AvgIpc) is 2.81. The highest BCUT2D eigenvalue weighted by molar-refractivity contribution is 9.10. The highest BCUT2D eigenvalue weighted by atomic mass is 79.9. The van der Waals surface area contributed by atoms with Gasteiger partial charge in [0.1, 0.15) is 0 Å². The molecule has 16 heavy (non-hydrogen) atoms. The van der Waals surface area contributed by atoms with Crippen LogP contribution in [0.15, 0.2) is 22.7 Å². The van der Waals surface area contributed by atoms with Gasteiger partial charge in [-0.25, -0.2) is 0 Å². The van der Waals surface area contributed by atoms with E-state index in [1.54, 1.807) is 0 Å². The molecule has 1 fully saturated rings. The summed E-state index contributed by atoms with van der Waals surface area (Å²) in [7, 11) is 2.21. The van der Waals surface area contributed by atoms with Crippen molar-refractivity contribution in [2.75, 3.05) is 23.5 Å². The van der Waals surface area contributed by atoms with E-state index in [1.165, 1.54) is 29.2 Å². The highest BCUT2D eigenvalue weighted by Crippen LogP contribution is 2.31. The SMILES string of the molecule is CN(c1cc(Br)ccc1CBr)C1CCSC1. The van der Waals surface area contributed by atoms with Gasteiger partial charge in [0, 0.05) is 34.3 Å². The molecule has 1 saturated heterocycles. The molecule has 2 rings (SSSR count). The molecule has 0 N–H and O–H groups in total. The third-order valence-corrected chi connectivity index (χ3v) is 5.27. The molecule has 0 aliphatic carbocycles. The fraction of sp³-hybridized carbons (Fsp3) is 0.500. The zero-order chi connectivity index (χ0) is 11.5. The number of benzene rings is 1. The van der Waals surface area contributed by atoms with E-state index in [2.05, 4.69) is 73.8 Å². The lowest BCUT2D eigenvalue weighted by atomic mass is 10.1. The summed E-state index contributed by atoms with van der Waals surface area (Å²) in [6.45, 7) is 0. The van der Waals surface area contributed by atoms with Gasteiger partial charge in [-0.3, -0.25) is 0 Å². The molecule has 88 valence electrons. The maximum Gasteiger partial charge on any atom is 0.0418 e. The number of nitrogens with zero attached hydrogens (tertiary/aromatic N) is 1. The van der Waals surface area contributed by atoms with Crippen LogP contribution in [0.25, 0.3) is 0 Å². The van der Waals surface area contributed by atoms with Gasteiger partial charge in [-0.1, -0.05) is 37.9 Å². The molecule has 1 aromatic carbocycles. The second kappa shape index (κ2) is 5.78. The van der Waals surface area contributed by atoms with Crippen LogP contribution >= 0.6 is 43.6 Å². The lowest BCUT2D eigenvalue weighted by molar-refractivity contribution is 0.698. The van der Waals surface area contributed by atoms with E-state index >= 15 is 0 Å². The molecule has 1 unspecified atom stereocenters. The van der Waals surface area contributed by atoms with Crippen LogP contribution in [-0.2, 0) is 5.33 Å². The van der Waals surface area contributed by atoms with Gasteiger partial charge in [-0.15, -0.1) is 0 Å². The first-order valence-corrected chi connectivity index (χ1v) is 8.44. The molecule has 0 bridgehead atoms. The predicted molar refractivity (Wildman–Crippen MR) is 80.9 cm³/mol. The zero-order valence-corrected chi connectivity index (χ0v) is 13.2. The summed E-state index contributed by atoms with van der Waals surface area (Å²) >= 11 is 9.18. The summed E-state index contributed by atoms with van der Waals surface area (Å²) in [5.74, 6) is 2.55. The van der Waals surface area contributed by atoms with Crippen molar-refractivity contribution in [1.82, 2.24) is 0 Å². The van der Waals surface area contributed by atoms with Gasteiger partial charge < -0.3 is 4.90 Å². The molecular formula is C12H15Br2NS. The monoisotopic (exact) mass is 363 g/mol. The van der Waals surface area contributed by atoms with E-state index in [9.17, 15) is 0 Å². The quantitative estimate of drug-likeness (QED) is 0.736. The van der Waals surface area contributed by atoms with Gasteiger partial charge in [0.05, 0.1) is 0 Å². The van der Waals surface area contributed by atoms with Crippen molar-refractivity contribution < 1.29 is 0 Å². The standard InChI is InChI=1S/C12H15Br2NS/c1-15(11-4-5-16-8-11)12-6-10(14)3-2-9(12)7-13/h2-3,6,11H,4-5,7-8H2,1H3. The third-order valence-electron chi connectivity index (χ3n) is 3.02. The van der Waals surface area contributed by atoms with Crippen LogP contribution in [0.1, 0.15) is 12.0 Å². The first-order valence-electron chi connectivity index (χ1n) is 5.37. The van der Waals surface area contributed by atoms with Crippen molar-refractivity contribution in [2.24, 2.45) is 0 Å². The van der Waals surface area contributed by atoms with Gasteiger partial charge in [0.2, 0.25) is 0 Å². The zero-order valence-electron chi connectivity index (χ0n) is 9.25. The molecule has 4 heteroatoms. The molecule has 1 nitrogen and oxygen atoms in total. The van der Waals surface area contributed by atoms with Crippen LogP contribution in [0.3, 0.4) is 0 Å². The van der Waals surface area contributed by atoms with E-state index < -0.39 is 0 Å². The Kier molecular flexibility index (Phi) is 4.62. The van der Waals surface area contributed by atoms with E-state index in [0.717, 1.165) is 9.80 Å². The Morgan fingerprint density at radius 2 is 2.31 bits per heavy atom. The molecule has 1 atom stereocenters. The summed E-state index contributed by atoms with van der Waals surface area (Å²) in [6, 6.07) is 7.21. The Balaban J connectivity index is 2.26. The Morgan fingerprint density at radius 1 is 1.50 bits per heavy atom. The second-order valence-electron chi connectivity index (χ2n) is 4.03. The van der Waals surface area contributed by atoms with Crippen molar-refractivity contribution in [3.05, 3.63) is 28.2 Å². The van der Waals surface area contributed by atoms with E-state index in [4.69, 9.17) is 0 Å². The minimum absolute atomic E-state index is 0.692. The van der Waals surface area contributed by atoms with Crippen LogP contribution < -0.4 is 4.90 Å². The van der Waals surface area contributed by atoms with E-state index in [0.29, 0.717) is 6.04 Å². The van der Waals surface area contributed by atoms with Gasteiger partial charge >= 0.3 is 0 Å². The average molecular weight is 365 g/mol. The van der Waals surface area contributed by atoms with Gasteiger partial charge in [0.15, 0.2) is 0 Å². The molecule has 0 aromatic heterocycles. The van der Waals surface area contributed by atoms with E-state index in [1.807, 2.05) is 0 Å². The first kappa shape index (κ1) is 12.8. The van der Waals surface area contributed by atoms with Gasteiger partial charge in [-0.2, -0.15) is 11.8 Å². The Bertz CT molecular complexity index is 364. The molecule has 0 spiro atoms. The highest BCUT2D eigenvalue weighted by Gasteiger charge is 2.21.